The molecule has 15 heavy (non-hydrogen) atoms. The van der Waals surface area contributed by atoms with Crippen LogP contribution < -0.4 is 0 Å². The van der Waals surface area contributed by atoms with Gasteiger partial charge < -0.3 is 9.47 Å². The largest absolute Gasteiger partial charge is 0.391 e. The molecule has 1 saturated heterocycles. The van der Waals surface area contributed by atoms with E-state index in [2.05, 4.69) is 0 Å². The molecule has 5 heteroatoms. The zero-order valence-electron chi connectivity index (χ0n) is 8.57. The lowest BCUT2D eigenvalue weighted by molar-refractivity contribution is -0.187. The van der Waals surface area contributed by atoms with Crippen LogP contribution in [0.3, 0.4) is 0 Å². The predicted molar refractivity (Wildman–Crippen MR) is 48.9 cm³/mol. The smallest absolute Gasteiger partial charge is 0.331 e. The fraction of sp³-hybridized carbons (Fsp3) is 0.500. The first-order valence-electron chi connectivity index (χ1n) is 4.65. The van der Waals surface area contributed by atoms with Gasteiger partial charge in [0.15, 0.2) is 5.41 Å². The lowest BCUT2D eigenvalue weighted by Gasteiger charge is -2.30. The molecule has 1 aliphatic heterocycles. The summed E-state index contributed by atoms with van der Waals surface area (Å²) in [7, 11) is 0. The van der Waals surface area contributed by atoms with Gasteiger partial charge in [-0.25, -0.2) is 0 Å². The fourth-order valence-corrected chi connectivity index (χ4v) is 1.42. The molecule has 5 nitrogen and oxygen atoms in total. The van der Waals surface area contributed by atoms with E-state index >= 15 is 0 Å². The number of nitriles is 1. The van der Waals surface area contributed by atoms with Gasteiger partial charge >= 0.3 is 17.9 Å². The quantitative estimate of drug-likeness (QED) is 0.388. The van der Waals surface area contributed by atoms with Crippen LogP contribution in [0.1, 0.15) is 26.7 Å². The maximum atomic E-state index is 11.6. The van der Waals surface area contributed by atoms with Gasteiger partial charge in [-0.05, 0) is 12.8 Å². The van der Waals surface area contributed by atoms with Crippen LogP contribution in [0.2, 0.25) is 0 Å². The van der Waals surface area contributed by atoms with E-state index in [9.17, 15) is 9.59 Å². The lowest BCUT2D eigenvalue weighted by atomic mass is 9.82. The molecule has 0 atom stereocenters. The molecule has 0 spiro atoms. The third kappa shape index (κ3) is 1.71. The van der Waals surface area contributed by atoms with Crippen LogP contribution in [0.5, 0.6) is 0 Å². The zero-order valence-corrected chi connectivity index (χ0v) is 8.57. The Labute approximate surface area is 87.3 Å². The molecule has 1 fully saturated rings. The third-order valence-corrected chi connectivity index (χ3v) is 2.56. The fourth-order valence-electron chi connectivity index (χ4n) is 1.42. The van der Waals surface area contributed by atoms with E-state index in [1.165, 1.54) is 0 Å². The van der Waals surface area contributed by atoms with E-state index in [0.717, 1.165) is 6.08 Å². The molecule has 1 heterocycles. The summed E-state index contributed by atoms with van der Waals surface area (Å²) in [6.07, 6.45) is 1.52. The normalized spacial score (nSPS) is 18.9. The number of hydrogen-bond acceptors (Lipinski definition) is 5. The third-order valence-electron chi connectivity index (χ3n) is 2.56. The standard InChI is InChI=1S/C10H11NO4/c1-3-10(4-2)8(12)14-7(5-6-11)15-9(10)13/h5H,3-4H2,1-2H3. The van der Waals surface area contributed by atoms with E-state index in [0.29, 0.717) is 12.8 Å². The average Bonchev–Trinajstić information content (AvgIpc) is 2.19. The van der Waals surface area contributed by atoms with E-state index in [1.54, 1.807) is 19.9 Å². The molecule has 0 bridgehead atoms. The molecule has 1 aliphatic rings. The summed E-state index contributed by atoms with van der Waals surface area (Å²) in [5.41, 5.74) is -1.22. The van der Waals surface area contributed by atoms with Gasteiger partial charge in [-0.15, -0.1) is 0 Å². The molecule has 0 unspecified atom stereocenters. The van der Waals surface area contributed by atoms with Crippen molar-refractivity contribution in [3.8, 4) is 6.07 Å². The summed E-state index contributed by atoms with van der Waals surface area (Å²) in [4.78, 5) is 23.2. The number of esters is 2. The van der Waals surface area contributed by atoms with E-state index in [-0.39, 0.29) is 5.95 Å². The molecule has 0 saturated carbocycles. The van der Waals surface area contributed by atoms with Gasteiger partial charge in [-0.1, -0.05) is 13.8 Å². The Morgan fingerprint density at radius 1 is 1.27 bits per heavy atom. The van der Waals surface area contributed by atoms with Crippen molar-refractivity contribution in [1.82, 2.24) is 0 Å². The number of rotatable bonds is 2. The molecular weight excluding hydrogens is 198 g/mol. The Morgan fingerprint density at radius 3 is 2.07 bits per heavy atom. The number of nitrogens with zero attached hydrogens (tertiary/aromatic N) is 1. The molecule has 0 aromatic rings. The van der Waals surface area contributed by atoms with Gasteiger partial charge in [0.2, 0.25) is 0 Å². The molecule has 0 aliphatic carbocycles. The Hall–Kier alpha value is -1.83. The molecule has 0 radical (unpaired) electrons. The Bertz CT molecular complexity index is 338. The summed E-state index contributed by atoms with van der Waals surface area (Å²) in [6.45, 7) is 3.43. The van der Waals surface area contributed by atoms with Crippen molar-refractivity contribution in [2.75, 3.05) is 0 Å². The Balaban J connectivity index is 3.02. The average molecular weight is 209 g/mol. The number of cyclic esters (lactones) is 2. The van der Waals surface area contributed by atoms with Crippen LogP contribution in [0.15, 0.2) is 12.0 Å². The van der Waals surface area contributed by atoms with Gasteiger partial charge in [0.05, 0.1) is 12.1 Å². The highest BCUT2D eigenvalue weighted by atomic mass is 16.7. The molecule has 0 amide bonds. The minimum absolute atomic E-state index is 0.320. The maximum absolute atomic E-state index is 11.6. The second-order valence-electron chi connectivity index (χ2n) is 3.16. The molecule has 0 aromatic heterocycles. The van der Waals surface area contributed by atoms with Crippen molar-refractivity contribution in [2.45, 2.75) is 26.7 Å². The Morgan fingerprint density at radius 2 is 1.73 bits per heavy atom. The second kappa shape index (κ2) is 4.13. The van der Waals surface area contributed by atoms with Crippen molar-refractivity contribution in [3.05, 3.63) is 12.0 Å². The lowest BCUT2D eigenvalue weighted by Crippen LogP contribution is -2.45. The van der Waals surface area contributed by atoms with Gasteiger partial charge in [-0.2, -0.15) is 5.26 Å². The highest BCUT2D eigenvalue weighted by Gasteiger charge is 2.50. The highest BCUT2D eigenvalue weighted by Crippen LogP contribution is 2.35. The molecule has 80 valence electrons. The predicted octanol–water partition coefficient (Wildman–Crippen LogP) is 1.26. The van der Waals surface area contributed by atoms with Crippen molar-refractivity contribution >= 4 is 11.9 Å². The van der Waals surface area contributed by atoms with E-state index in [4.69, 9.17) is 14.7 Å². The molecule has 0 aromatic carbocycles. The van der Waals surface area contributed by atoms with Crippen LogP contribution in [0, 0.1) is 16.7 Å². The van der Waals surface area contributed by atoms with Gasteiger partial charge in [0.25, 0.3) is 0 Å². The SMILES string of the molecule is CCC1(CC)C(=O)OC(=CC#N)OC1=O. The number of hydrogen-bond donors (Lipinski definition) is 0. The first-order valence-corrected chi connectivity index (χ1v) is 4.65. The number of allylic oxidation sites excluding steroid dienone is 1. The summed E-state index contributed by atoms with van der Waals surface area (Å²) in [5.74, 6) is -1.64. The molecule has 1 rings (SSSR count). The topological polar surface area (TPSA) is 76.4 Å². The van der Waals surface area contributed by atoms with Crippen molar-refractivity contribution in [1.29, 1.82) is 5.26 Å². The zero-order chi connectivity index (χ0) is 11.5. The summed E-state index contributed by atoms with van der Waals surface area (Å²) in [6, 6.07) is 1.63. The molecular formula is C10H11NO4. The summed E-state index contributed by atoms with van der Waals surface area (Å²) < 4.78 is 9.50. The van der Waals surface area contributed by atoms with E-state index in [1.807, 2.05) is 0 Å². The molecule has 0 N–H and O–H groups in total. The summed E-state index contributed by atoms with van der Waals surface area (Å²) in [5, 5.41) is 8.33. The van der Waals surface area contributed by atoms with Crippen LogP contribution >= 0.6 is 0 Å². The first kappa shape index (κ1) is 11.2. The van der Waals surface area contributed by atoms with Crippen molar-refractivity contribution in [2.24, 2.45) is 5.41 Å². The minimum atomic E-state index is -1.22. The Kier molecular flexibility index (Phi) is 3.10. The summed E-state index contributed by atoms with van der Waals surface area (Å²) >= 11 is 0. The van der Waals surface area contributed by atoms with Crippen molar-refractivity contribution < 1.29 is 19.1 Å². The first-order chi connectivity index (χ1) is 7.10. The van der Waals surface area contributed by atoms with Gasteiger partial charge in [-0.3, -0.25) is 9.59 Å². The van der Waals surface area contributed by atoms with Gasteiger partial charge in [0, 0.05) is 0 Å². The minimum Gasteiger partial charge on any atom is -0.391 e. The number of carbonyl (C=O) groups excluding carboxylic acids is 2. The number of ether oxygens (including phenoxy) is 2. The highest BCUT2D eigenvalue weighted by molar-refractivity contribution is 6.02. The second-order valence-corrected chi connectivity index (χ2v) is 3.16. The maximum Gasteiger partial charge on any atom is 0.331 e. The van der Waals surface area contributed by atoms with Crippen LogP contribution in [-0.2, 0) is 19.1 Å². The van der Waals surface area contributed by atoms with Gasteiger partial charge in [0.1, 0.15) is 0 Å². The van der Waals surface area contributed by atoms with Crippen LogP contribution in [0.25, 0.3) is 0 Å². The number of carbonyl (C=O) groups is 2. The van der Waals surface area contributed by atoms with Crippen LogP contribution in [-0.4, -0.2) is 11.9 Å². The monoisotopic (exact) mass is 209 g/mol. The van der Waals surface area contributed by atoms with E-state index < -0.39 is 17.4 Å². The van der Waals surface area contributed by atoms with Crippen LogP contribution in [0.4, 0.5) is 0 Å². The van der Waals surface area contributed by atoms with Crippen molar-refractivity contribution in [3.63, 3.8) is 0 Å².